The molecule has 1 aliphatic rings. The summed E-state index contributed by atoms with van der Waals surface area (Å²) in [6.45, 7) is 7.26. The normalized spacial score (nSPS) is 16.4. The van der Waals surface area contributed by atoms with Crippen molar-refractivity contribution in [1.82, 2.24) is 9.55 Å². The average Bonchev–Trinajstić information content (AvgIpc) is 2.80. The van der Waals surface area contributed by atoms with Crippen LogP contribution in [0.15, 0.2) is 4.79 Å². The number of H-pyrrole nitrogens is 1. The molecular weight excluding hydrogens is 300 g/mol. The third-order valence-corrected chi connectivity index (χ3v) is 6.23. The van der Waals surface area contributed by atoms with Gasteiger partial charge in [-0.2, -0.15) is 0 Å². The van der Waals surface area contributed by atoms with Crippen LogP contribution in [0.3, 0.4) is 0 Å². The molecule has 2 aromatic rings. The molecule has 114 valence electrons. The summed E-state index contributed by atoms with van der Waals surface area (Å²) in [6.07, 6.45) is 4.57. The highest BCUT2D eigenvalue weighted by Crippen LogP contribution is 2.33. The van der Waals surface area contributed by atoms with Crippen LogP contribution in [0.2, 0.25) is 0 Å². The van der Waals surface area contributed by atoms with Crippen molar-refractivity contribution in [2.24, 2.45) is 11.8 Å². The number of nitrogens with one attached hydrogen (secondary N) is 1. The van der Waals surface area contributed by atoms with E-state index in [1.165, 1.54) is 23.3 Å². The van der Waals surface area contributed by atoms with Crippen LogP contribution in [0.1, 0.15) is 44.1 Å². The van der Waals surface area contributed by atoms with Crippen molar-refractivity contribution < 1.29 is 0 Å². The summed E-state index contributed by atoms with van der Waals surface area (Å²) in [7, 11) is 0. The number of aryl methyl sites for hydroxylation is 2. The summed E-state index contributed by atoms with van der Waals surface area (Å²) in [5.41, 5.74) is 1.39. The van der Waals surface area contributed by atoms with Crippen molar-refractivity contribution in [2.45, 2.75) is 53.0 Å². The minimum Gasteiger partial charge on any atom is -0.323 e. The molecule has 0 spiro atoms. The van der Waals surface area contributed by atoms with Crippen molar-refractivity contribution in [1.29, 1.82) is 0 Å². The first kappa shape index (κ1) is 15.0. The number of hydrogen-bond donors (Lipinski definition) is 1. The lowest BCUT2D eigenvalue weighted by molar-refractivity contribution is 0.357. The molecule has 21 heavy (non-hydrogen) atoms. The summed E-state index contributed by atoms with van der Waals surface area (Å²) in [4.78, 5) is 18.6. The SMILES string of the molecule is CC(C)C(C)Cn1c(=S)[nH]c2sc3c(c2c1=O)CCCC3. The van der Waals surface area contributed by atoms with E-state index in [9.17, 15) is 4.79 Å². The summed E-state index contributed by atoms with van der Waals surface area (Å²) < 4.78 is 2.34. The van der Waals surface area contributed by atoms with Crippen molar-refractivity contribution in [2.75, 3.05) is 0 Å². The summed E-state index contributed by atoms with van der Waals surface area (Å²) in [5, 5.41) is 0.902. The first-order chi connectivity index (χ1) is 9.99. The van der Waals surface area contributed by atoms with Crippen LogP contribution in [0.25, 0.3) is 10.2 Å². The fourth-order valence-electron chi connectivity index (χ4n) is 2.94. The standard InChI is InChI=1S/C16H22N2OS2/c1-9(2)10(3)8-18-15(19)13-11-6-4-5-7-12(11)21-14(13)17-16(18)20/h9-10H,4-8H2,1-3H3,(H,17,20). The third-order valence-electron chi connectivity index (χ3n) is 4.70. The van der Waals surface area contributed by atoms with E-state index in [2.05, 4.69) is 25.8 Å². The van der Waals surface area contributed by atoms with E-state index in [4.69, 9.17) is 12.2 Å². The summed E-state index contributed by atoms with van der Waals surface area (Å²) >= 11 is 7.15. The second-order valence-corrected chi connectivity index (χ2v) is 7.97. The lowest BCUT2D eigenvalue weighted by Crippen LogP contribution is -2.27. The Balaban J connectivity index is 2.18. The molecule has 2 heterocycles. The van der Waals surface area contributed by atoms with Crippen LogP contribution in [-0.2, 0) is 19.4 Å². The van der Waals surface area contributed by atoms with Gasteiger partial charge in [0.2, 0.25) is 0 Å². The molecule has 0 saturated heterocycles. The van der Waals surface area contributed by atoms with E-state index in [0.717, 1.165) is 23.1 Å². The zero-order valence-corrected chi connectivity index (χ0v) is 14.5. The Kier molecular flexibility index (Phi) is 4.06. The fraction of sp³-hybridized carbons (Fsp3) is 0.625. The van der Waals surface area contributed by atoms with Crippen LogP contribution in [-0.4, -0.2) is 9.55 Å². The highest BCUT2D eigenvalue weighted by atomic mass is 32.1. The van der Waals surface area contributed by atoms with Crippen LogP contribution >= 0.6 is 23.6 Å². The van der Waals surface area contributed by atoms with Crippen molar-refractivity contribution in [3.63, 3.8) is 0 Å². The first-order valence-electron chi connectivity index (χ1n) is 7.76. The summed E-state index contributed by atoms with van der Waals surface area (Å²) in [6, 6.07) is 0. The lowest BCUT2D eigenvalue weighted by Gasteiger charge is -2.17. The predicted octanol–water partition coefficient (Wildman–Crippen LogP) is 4.29. The molecule has 1 aliphatic carbocycles. The number of thiophene rings is 1. The molecule has 0 bridgehead atoms. The molecular formula is C16H22N2OS2. The topological polar surface area (TPSA) is 37.8 Å². The van der Waals surface area contributed by atoms with Gasteiger partial charge < -0.3 is 4.98 Å². The van der Waals surface area contributed by atoms with Gasteiger partial charge in [-0.15, -0.1) is 11.3 Å². The zero-order chi connectivity index (χ0) is 15.1. The van der Waals surface area contributed by atoms with Gasteiger partial charge in [0.1, 0.15) is 4.83 Å². The molecule has 0 aliphatic heterocycles. The monoisotopic (exact) mass is 322 g/mol. The number of aromatic nitrogens is 2. The molecule has 0 radical (unpaired) electrons. The molecule has 1 unspecified atom stereocenters. The quantitative estimate of drug-likeness (QED) is 0.856. The van der Waals surface area contributed by atoms with Crippen molar-refractivity contribution in [3.05, 3.63) is 25.6 Å². The molecule has 0 fully saturated rings. The van der Waals surface area contributed by atoms with Crippen LogP contribution < -0.4 is 5.56 Å². The third kappa shape index (κ3) is 2.61. The maximum absolute atomic E-state index is 12.9. The molecule has 0 aromatic carbocycles. The number of nitrogens with zero attached hydrogens (tertiary/aromatic N) is 1. The van der Waals surface area contributed by atoms with Crippen molar-refractivity contribution >= 4 is 33.8 Å². The van der Waals surface area contributed by atoms with Gasteiger partial charge in [-0.25, -0.2) is 0 Å². The van der Waals surface area contributed by atoms with Gasteiger partial charge in [0, 0.05) is 11.4 Å². The van der Waals surface area contributed by atoms with E-state index in [-0.39, 0.29) is 5.56 Å². The lowest BCUT2D eigenvalue weighted by atomic mass is 9.97. The Bertz CT molecular complexity index is 782. The van der Waals surface area contributed by atoms with E-state index < -0.39 is 0 Å². The van der Waals surface area contributed by atoms with Gasteiger partial charge in [0.15, 0.2) is 4.77 Å². The van der Waals surface area contributed by atoms with Gasteiger partial charge >= 0.3 is 0 Å². The molecule has 1 N–H and O–H groups in total. The van der Waals surface area contributed by atoms with Crippen LogP contribution in [0.5, 0.6) is 0 Å². The maximum Gasteiger partial charge on any atom is 0.263 e. The summed E-state index contributed by atoms with van der Waals surface area (Å²) in [5.74, 6) is 0.975. The highest BCUT2D eigenvalue weighted by Gasteiger charge is 2.21. The predicted molar refractivity (Wildman–Crippen MR) is 91.9 cm³/mol. The highest BCUT2D eigenvalue weighted by molar-refractivity contribution is 7.71. The Morgan fingerprint density at radius 3 is 2.71 bits per heavy atom. The van der Waals surface area contributed by atoms with Crippen LogP contribution in [0, 0.1) is 16.6 Å². The van der Waals surface area contributed by atoms with Gasteiger partial charge in [0.05, 0.1) is 5.39 Å². The van der Waals surface area contributed by atoms with Crippen molar-refractivity contribution in [3.8, 4) is 0 Å². The maximum atomic E-state index is 12.9. The second kappa shape index (κ2) is 5.69. The van der Waals surface area contributed by atoms with Gasteiger partial charge in [-0.05, 0) is 55.3 Å². The number of rotatable bonds is 3. The van der Waals surface area contributed by atoms with E-state index >= 15 is 0 Å². The molecule has 5 heteroatoms. The Hall–Kier alpha value is -0.940. The fourth-order valence-corrected chi connectivity index (χ4v) is 4.54. The molecule has 3 nitrogen and oxygen atoms in total. The van der Waals surface area contributed by atoms with E-state index in [0.29, 0.717) is 23.2 Å². The molecule has 2 aromatic heterocycles. The molecule has 0 amide bonds. The number of aromatic amines is 1. The zero-order valence-electron chi connectivity index (χ0n) is 12.9. The number of hydrogen-bond acceptors (Lipinski definition) is 3. The second-order valence-electron chi connectivity index (χ2n) is 6.48. The Labute approximate surface area is 134 Å². The Morgan fingerprint density at radius 1 is 1.29 bits per heavy atom. The molecule has 0 saturated carbocycles. The van der Waals surface area contributed by atoms with E-state index in [1.54, 1.807) is 15.9 Å². The largest absolute Gasteiger partial charge is 0.323 e. The van der Waals surface area contributed by atoms with Gasteiger partial charge in [-0.3, -0.25) is 9.36 Å². The van der Waals surface area contributed by atoms with Crippen LogP contribution in [0.4, 0.5) is 0 Å². The van der Waals surface area contributed by atoms with E-state index in [1.807, 2.05) is 0 Å². The minimum absolute atomic E-state index is 0.112. The first-order valence-corrected chi connectivity index (χ1v) is 8.99. The number of fused-ring (bicyclic) bond motifs is 3. The average molecular weight is 322 g/mol. The smallest absolute Gasteiger partial charge is 0.263 e. The van der Waals surface area contributed by atoms with Gasteiger partial charge in [-0.1, -0.05) is 20.8 Å². The molecule has 1 atom stereocenters. The minimum atomic E-state index is 0.112. The molecule has 3 rings (SSSR count). The Morgan fingerprint density at radius 2 is 2.00 bits per heavy atom. The van der Waals surface area contributed by atoms with Gasteiger partial charge in [0.25, 0.3) is 5.56 Å².